The number of carbonyl (C=O) groups excluding carboxylic acids is 3. The number of aryl methyl sites for hydroxylation is 2. The van der Waals surface area contributed by atoms with Gasteiger partial charge in [0, 0.05) is 43.0 Å². The Morgan fingerprint density at radius 2 is 1.79 bits per heavy atom. The minimum Gasteiger partial charge on any atom is -0.365 e. The second-order valence-corrected chi connectivity index (χ2v) is 8.63. The molecule has 0 N–H and O–H groups in total. The molecule has 8 heteroatoms. The molecule has 5 rings (SSSR count). The van der Waals surface area contributed by atoms with Crippen molar-refractivity contribution in [3.63, 3.8) is 0 Å². The molecular formula is C25H24N4O4. The number of nitrogens with zero attached hydrogens (tertiary/aromatic N) is 4. The Kier molecular flexibility index (Phi) is 5.00. The molecule has 0 aliphatic carbocycles. The van der Waals surface area contributed by atoms with Crippen LogP contribution in [0.1, 0.15) is 49.3 Å². The van der Waals surface area contributed by atoms with Gasteiger partial charge in [-0.1, -0.05) is 17.3 Å². The SMILES string of the molecule is Cc1cccc(N2CCN(C(=O)c3ccc4c(c3)C(=O)N(c3cc(C)on3)C4=O)C[C@@H]2C)c1. The topological polar surface area (TPSA) is 87.0 Å². The zero-order chi connectivity index (χ0) is 23.3. The first-order chi connectivity index (χ1) is 15.8. The standard InChI is InChI=1S/C25H24N4O4/c1-15-5-4-6-19(11-15)28-10-9-27(14-16(28)2)23(30)18-7-8-20-21(13-18)25(32)29(24(20)31)22-12-17(3)33-26-22/h4-8,11-13,16H,9-10,14H2,1-3H3/t16-/m0/s1. The van der Waals surface area contributed by atoms with E-state index in [4.69, 9.17) is 4.52 Å². The second kappa shape index (κ2) is 7.88. The van der Waals surface area contributed by atoms with E-state index in [0.717, 1.165) is 17.1 Å². The van der Waals surface area contributed by atoms with Crippen molar-refractivity contribution in [2.45, 2.75) is 26.8 Å². The van der Waals surface area contributed by atoms with E-state index in [-0.39, 0.29) is 28.9 Å². The molecule has 2 aliphatic rings. The molecule has 2 aliphatic heterocycles. The highest BCUT2D eigenvalue weighted by Crippen LogP contribution is 2.29. The Balaban J connectivity index is 1.35. The smallest absolute Gasteiger partial charge is 0.267 e. The van der Waals surface area contributed by atoms with Crippen LogP contribution in [-0.2, 0) is 0 Å². The van der Waals surface area contributed by atoms with Crippen LogP contribution in [-0.4, -0.2) is 53.5 Å². The first-order valence-corrected chi connectivity index (χ1v) is 10.9. The summed E-state index contributed by atoms with van der Waals surface area (Å²) in [5, 5.41) is 3.79. The van der Waals surface area contributed by atoms with Gasteiger partial charge in [-0.25, -0.2) is 4.90 Å². The third-order valence-electron chi connectivity index (χ3n) is 6.23. The highest BCUT2D eigenvalue weighted by atomic mass is 16.5. The summed E-state index contributed by atoms with van der Waals surface area (Å²) in [4.78, 5) is 44.0. The lowest BCUT2D eigenvalue weighted by molar-refractivity contribution is 0.0726. The predicted molar refractivity (Wildman–Crippen MR) is 123 cm³/mol. The Hall–Kier alpha value is -3.94. The summed E-state index contributed by atoms with van der Waals surface area (Å²) in [5.41, 5.74) is 3.21. The number of hydrogen-bond donors (Lipinski definition) is 0. The van der Waals surface area contributed by atoms with E-state index in [0.29, 0.717) is 24.4 Å². The van der Waals surface area contributed by atoms with Gasteiger partial charge < -0.3 is 14.3 Å². The molecule has 3 amide bonds. The summed E-state index contributed by atoms with van der Waals surface area (Å²) in [6, 6.07) is 14.7. The van der Waals surface area contributed by atoms with Crippen LogP contribution in [0.4, 0.5) is 11.5 Å². The molecule has 0 spiro atoms. The van der Waals surface area contributed by atoms with Crippen molar-refractivity contribution in [3.05, 3.63) is 76.5 Å². The third kappa shape index (κ3) is 3.57. The number of aromatic nitrogens is 1. The van der Waals surface area contributed by atoms with Crippen LogP contribution in [0.25, 0.3) is 0 Å². The van der Waals surface area contributed by atoms with E-state index < -0.39 is 11.8 Å². The number of piperazine rings is 1. The minimum absolute atomic E-state index is 0.146. The molecule has 1 atom stereocenters. The fraction of sp³-hybridized carbons (Fsp3) is 0.280. The summed E-state index contributed by atoms with van der Waals surface area (Å²) in [6.07, 6.45) is 0. The van der Waals surface area contributed by atoms with Crippen molar-refractivity contribution >= 4 is 29.2 Å². The number of anilines is 2. The largest absolute Gasteiger partial charge is 0.365 e. The number of carbonyl (C=O) groups is 3. The molecule has 3 heterocycles. The highest BCUT2D eigenvalue weighted by molar-refractivity contribution is 6.34. The van der Waals surface area contributed by atoms with E-state index in [1.807, 2.05) is 6.07 Å². The van der Waals surface area contributed by atoms with Crippen molar-refractivity contribution in [1.82, 2.24) is 10.1 Å². The first kappa shape index (κ1) is 20.9. The van der Waals surface area contributed by atoms with Gasteiger partial charge in [-0.2, -0.15) is 0 Å². The molecule has 0 saturated carbocycles. The summed E-state index contributed by atoms with van der Waals surface area (Å²) < 4.78 is 5.01. The lowest BCUT2D eigenvalue weighted by atomic mass is 10.0. The fourth-order valence-corrected chi connectivity index (χ4v) is 4.56. The quantitative estimate of drug-likeness (QED) is 0.575. The molecule has 8 nitrogen and oxygen atoms in total. The molecule has 0 bridgehead atoms. The maximum Gasteiger partial charge on any atom is 0.267 e. The first-order valence-electron chi connectivity index (χ1n) is 10.9. The fourth-order valence-electron chi connectivity index (χ4n) is 4.56. The molecule has 3 aromatic rings. The van der Waals surface area contributed by atoms with Crippen LogP contribution in [0, 0.1) is 13.8 Å². The van der Waals surface area contributed by atoms with Gasteiger partial charge in [0.25, 0.3) is 17.7 Å². The van der Waals surface area contributed by atoms with Crippen molar-refractivity contribution in [2.75, 3.05) is 29.4 Å². The van der Waals surface area contributed by atoms with E-state index in [9.17, 15) is 14.4 Å². The lowest BCUT2D eigenvalue weighted by Gasteiger charge is -2.41. The van der Waals surface area contributed by atoms with Gasteiger partial charge in [-0.3, -0.25) is 14.4 Å². The Labute approximate surface area is 191 Å². The van der Waals surface area contributed by atoms with Crippen molar-refractivity contribution in [3.8, 4) is 0 Å². The average Bonchev–Trinajstić information content (AvgIpc) is 3.33. The van der Waals surface area contributed by atoms with Crippen LogP contribution in [0.2, 0.25) is 0 Å². The maximum atomic E-state index is 13.3. The predicted octanol–water partition coefficient (Wildman–Crippen LogP) is 3.44. The molecule has 2 aromatic carbocycles. The van der Waals surface area contributed by atoms with E-state index in [1.54, 1.807) is 24.0 Å². The van der Waals surface area contributed by atoms with Crippen LogP contribution in [0.15, 0.2) is 53.1 Å². The molecule has 0 unspecified atom stereocenters. The van der Waals surface area contributed by atoms with Crippen molar-refractivity contribution in [1.29, 1.82) is 0 Å². The summed E-state index contributed by atoms with van der Waals surface area (Å²) in [6.45, 7) is 7.72. The third-order valence-corrected chi connectivity index (χ3v) is 6.23. The van der Waals surface area contributed by atoms with Gasteiger partial charge in [-0.05, 0) is 56.7 Å². The molecule has 33 heavy (non-hydrogen) atoms. The minimum atomic E-state index is -0.504. The number of fused-ring (bicyclic) bond motifs is 1. The maximum absolute atomic E-state index is 13.3. The number of amides is 3. The molecular weight excluding hydrogens is 420 g/mol. The van der Waals surface area contributed by atoms with E-state index >= 15 is 0 Å². The van der Waals surface area contributed by atoms with Crippen molar-refractivity contribution in [2.24, 2.45) is 0 Å². The molecule has 1 saturated heterocycles. The highest BCUT2D eigenvalue weighted by Gasteiger charge is 2.39. The van der Waals surface area contributed by atoms with Crippen LogP contribution in [0.5, 0.6) is 0 Å². The van der Waals surface area contributed by atoms with Crippen molar-refractivity contribution < 1.29 is 18.9 Å². The zero-order valence-electron chi connectivity index (χ0n) is 18.7. The summed E-state index contributed by atoms with van der Waals surface area (Å²) in [7, 11) is 0. The number of rotatable bonds is 3. The molecule has 1 aromatic heterocycles. The molecule has 0 radical (unpaired) electrons. The number of benzene rings is 2. The van der Waals surface area contributed by atoms with Gasteiger partial charge in [0.2, 0.25) is 0 Å². The van der Waals surface area contributed by atoms with E-state index in [1.165, 1.54) is 17.7 Å². The van der Waals surface area contributed by atoms with Gasteiger partial charge in [0.05, 0.1) is 11.1 Å². The van der Waals surface area contributed by atoms with E-state index in [2.05, 4.69) is 42.1 Å². The number of imide groups is 1. The Bertz CT molecular complexity index is 1280. The Morgan fingerprint density at radius 1 is 1.00 bits per heavy atom. The lowest BCUT2D eigenvalue weighted by Crippen LogP contribution is -2.53. The Morgan fingerprint density at radius 3 is 2.48 bits per heavy atom. The summed E-state index contributed by atoms with van der Waals surface area (Å²) >= 11 is 0. The van der Waals surface area contributed by atoms with Crippen LogP contribution >= 0.6 is 0 Å². The van der Waals surface area contributed by atoms with Gasteiger partial charge in [-0.15, -0.1) is 0 Å². The van der Waals surface area contributed by atoms with Gasteiger partial charge >= 0.3 is 0 Å². The summed E-state index contributed by atoms with van der Waals surface area (Å²) in [5.74, 6) is -0.480. The molecule has 168 valence electrons. The second-order valence-electron chi connectivity index (χ2n) is 8.63. The van der Waals surface area contributed by atoms with Crippen LogP contribution < -0.4 is 9.80 Å². The zero-order valence-corrected chi connectivity index (χ0v) is 18.7. The van der Waals surface area contributed by atoms with Gasteiger partial charge in [0.1, 0.15) is 5.76 Å². The van der Waals surface area contributed by atoms with Gasteiger partial charge in [0.15, 0.2) is 5.82 Å². The number of hydrogen-bond acceptors (Lipinski definition) is 6. The van der Waals surface area contributed by atoms with Crippen LogP contribution in [0.3, 0.4) is 0 Å². The average molecular weight is 444 g/mol. The monoisotopic (exact) mass is 444 g/mol. The normalized spacial score (nSPS) is 18.2. The molecule has 1 fully saturated rings.